The largest absolute Gasteiger partial charge is 0.361 e. The first kappa shape index (κ1) is 17.3. The van der Waals surface area contributed by atoms with E-state index >= 15 is 0 Å². The van der Waals surface area contributed by atoms with Crippen molar-refractivity contribution in [2.24, 2.45) is 0 Å². The first-order valence-corrected chi connectivity index (χ1v) is 7.99. The zero-order valence-corrected chi connectivity index (χ0v) is 14.6. The van der Waals surface area contributed by atoms with Crippen LogP contribution in [-0.2, 0) is 6.42 Å². The highest BCUT2D eigenvalue weighted by molar-refractivity contribution is 6.30. The summed E-state index contributed by atoms with van der Waals surface area (Å²) in [5.41, 5.74) is 2.87. The summed E-state index contributed by atoms with van der Waals surface area (Å²) in [6.07, 6.45) is 0.681. The number of benzene rings is 1. The van der Waals surface area contributed by atoms with Crippen LogP contribution in [0.25, 0.3) is 0 Å². The van der Waals surface area contributed by atoms with Gasteiger partial charge in [-0.05, 0) is 51.8 Å². The number of halogens is 1. The van der Waals surface area contributed by atoms with Gasteiger partial charge in [0.15, 0.2) is 0 Å². The minimum absolute atomic E-state index is 0.0293. The number of rotatable bonds is 5. The second kappa shape index (κ2) is 7.51. The van der Waals surface area contributed by atoms with E-state index in [0.29, 0.717) is 11.4 Å². The van der Waals surface area contributed by atoms with Crippen molar-refractivity contribution in [2.75, 3.05) is 0 Å². The van der Waals surface area contributed by atoms with E-state index in [-0.39, 0.29) is 18.1 Å². The molecule has 0 aliphatic rings. The molecule has 0 bridgehead atoms. The van der Waals surface area contributed by atoms with Gasteiger partial charge >= 0.3 is 6.03 Å². The van der Waals surface area contributed by atoms with E-state index < -0.39 is 0 Å². The van der Waals surface area contributed by atoms with Gasteiger partial charge in [0.05, 0.1) is 11.7 Å². The van der Waals surface area contributed by atoms with Crippen LogP contribution < -0.4 is 10.6 Å². The Hall–Kier alpha value is -2.01. The quantitative estimate of drug-likeness (QED) is 0.869. The highest BCUT2D eigenvalue weighted by Crippen LogP contribution is 2.17. The first-order chi connectivity index (χ1) is 10.9. The molecule has 1 aromatic heterocycles. The maximum Gasteiger partial charge on any atom is 0.315 e. The molecule has 0 saturated carbocycles. The smallest absolute Gasteiger partial charge is 0.315 e. The van der Waals surface area contributed by atoms with E-state index in [1.165, 1.54) is 0 Å². The van der Waals surface area contributed by atoms with Gasteiger partial charge in [0, 0.05) is 16.6 Å². The van der Waals surface area contributed by atoms with Crippen LogP contribution in [0.3, 0.4) is 0 Å². The number of carbonyl (C=O) groups is 1. The molecule has 23 heavy (non-hydrogen) atoms. The summed E-state index contributed by atoms with van der Waals surface area (Å²) in [5.74, 6) is 0.795. The zero-order chi connectivity index (χ0) is 17.0. The number of carbonyl (C=O) groups excluding carboxylic acids is 1. The van der Waals surface area contributed by atoms with Crippen molar-refractivity contribution in [3.63, 3.8) is 0 Å². The maximum absolute atomic E-state index is 12.1. The fourth-order valence-corrected chi connectivity index (χ4v) is 2.67. The molecule has 0 radical (unpaired) electrons. The summed E-state index contributed by atoms with van der Waals surface area (Å²) in [5, 5.41) is 10.4. The van der Waals surface area contributed by atoms with Crippen molar-refractivity contribution < 1.29 is 9.32 Å². The van der Waals surface area contributed by atoms with Crippen LogP contribution in [0.2, 0.25) is 5.02 Å². The summed E-state index contributed by atoms with van der Waals surface area (Å²) < 4.78 is 5.14. The van der Waals surface area contributed by atoms with E-state index in [1.54, 1.807) is 0 Å². The fourth-order valence-electron chi connectivity index (χ4n) is 2.47. The summed E-state index contributed by atoms with van der Waals surface area (Å²) in [4.78, 5) is 12.1. The number of amides is 2. The molecule has 1 heterocycles. The number of nitrogens with one attached hydrogen (secondary N) is 2. The molecule has 0 spiro atoms. The lowest BCUT2D eigenvalue weighted by Gasteiger charge is -2.18. The number of aromatic nitrogens is 1. The van der Waals surface area contributed by atoms with E-state index in [2.05, 4.69) is 15.8 Å². The second-order valence-corrected chi connectivity index (χ2v) is 6.24. The van der Waals surface area contributed by atoms with Gasteiger partial charge in [-0.3, -0.25) is 0 Å². The lowest BCUT2D eigenvalue weighted by Crippen LogP contribution is -2.42. The van der Waals surface area contributed by atoms with Crippen molar-refractivity contribution in [2.45, 2.75) is 46.2 Å². The Morgan fingerprint density at radius 1 is 1.30 bits per heavy atom. The summed E-state index contributed by atoms with van der Waals surface area (Å²) in [6.45, 7) is 7.66. The van der Waals surface area contributed by atoms with E-state index in [0.717, 1.165) is 22.6 Å². The predicted molar refractivity (Wildman–Crippen MR) is 90.7 cm³/mol. The number of hydrogen-bond donors (Lipinski definition) is 2. The molecule has 0 unspecified atom stereocenters. The molecule has 0 saturated heterocycles. The van der Waals surface area contributed by atoms with Crippen molar-refractivity contribution in [1.29, 1.82) is 0 Å². The molecule has 2 rings (SSSR count). The molecule has 6 heteroatoms. The van der Waals surface area contributed by atoms with Gasteiger partial charge in [-0.25, -0.2) is 4.79 Å². The van der Waals surface area contributed by atoms with Crippen LogP contribution in [0.5, 0.6) is 0 Å². The average Bonchev–Trinajstić information content (AvgIpc) is 2.78. The van der Waals surface area contributed by atoms with Gasteiger partial charge in [-0.15, -0.1) is 0 Å². The standard InChI is InChI=1S/C17H22ClN3O2/c1-10(8-16-12(3)21-23-13(16)4)19-17(22)20-11(2)14-6-5-7-15(18)9-14/h5-7,9-11H,8H2,1-4H3,(H2,19,20,22)/t10-,11+/m1/s1. The minimum atomic E-state index is -0.211. The Kier molecular flexibility index (Phi) is 5.66. The van der Waals surface area contributed by atoms with Gasteiger partial charge in [-0.2, -0.15) is 0 Å². The van der Waals surface area contributed by atoms with Crippen LogP contribution in [0.4, 0.5) is 4.79 Å². The highest BCUT2D eigenvalue weighted by Gasteiger charge is 2.16. The molecule has 2 N–H and O–H groups in total. The molecular weight excluding hydrogens is 314 g/mol. The predicted octanol–water partition coefficient (Wildman–Crippen LogP) is 3.94. The van der Waals surface area contributed by atoms with Gasteiger partial charge in [-0.1, -0.05) is 28.9 Å². The fraction of sp³-hybridized carbons (Fsp3) is 0.412. The van der Waals surface area contributed by atoms with Crippen LogP contribution in [0, 0.1) is 13.8 Å². The van der Waals surface area contributed by atoms with E-state index in [4.69, 9.17) is 16.1 Å². The Morgan fingerprint density at radius 3 is 2.65 bits per heavy atom. The normalized spacial score (nSPS) is 13.4. The Bertz CT molecular complexity index is 665. The Morgan fingerprint density at radius 2 is 2.04 bits per heavy atom. The minimum Gasteiger partial charge on any atom is -0.361 e. The number of hydrogen-bond acceptors (Lipinski definition) is 3. The van der Waals surface area contributed by atoms with Crippen molar-refractivity contribution in [3.8, 4) is 0 Å². The molecule has 124 valence electrons. The van der Waals surface area contributed by atoms with Crippen LogP contribution in [0.15, 0.2) is 28.8 Å². The third-order valence-electron chi connectivity index (χ3n) is 3.77. The molecule has 2 amide bonds. The molecule has 1 aromatic carbocycles. The Labute approximate surface area is 141 Å². The molecular formula is C17H22ClN3O2. The van der Waals surface area contributed by atoms with Crippen molar-refractivity contribution in [1.82, 2.24) is 15.8 Å². The van der Waals surface area contributed by atoms with Gasteiger partial charge in [0.25, 0.3) is 0 Å². The lowest BCUT2D eigenvalue weighted by atomic mass is 10.1. The van der Waals surface area contributed by atoms with Gasteiger partial charge in [0.2, 0.25) is 0 Å². The SMILES string of the molecule is Cc1noc(C)c1C[C@@H](C)NC(=O)N[C@@H](C)c1cccc(Cl)c1. The first-order valence-electron chi connectivity index (χ1n) is 7.61. The van der Waals surface area contributed by atoms with Crippen LogP contribution >= 0.6 is 11.6 Å². The third-order valence-corrected chi connectivity index (χ3v) is 4.00. The van der Waals surface area contributed by atoms with Crippen LogP contribution in [-0.4, -0.2) is 17.2 Å². The number of aryl methyl sites for hydroxylation is 2. The second-order valence-electron chi connectivity index (χ2n) is 5.80. The lowest BCUT2D eigenvalue weighted by molar-refractivity contribution is 0.234. The van der Waals surface area contributed by atoms with Crippen molar-refractivity contribution >= 4 is 17.6 Å². The number of nitrogens with zero attached hydrogens (tertiary/aromatic N) is 1. The summed E-state index contributed by atoms with van der Waals surface area (Å²) in [6, 6.07) is 7.09. The monoisotopic (exact) mass is 335 g/mol. The third kappa shape index (κ3) is 4.73. The summed E-state index contributed by atoms with van der Waals surface area (Å²) >= 11 is 5.98. The van der Waals surface area contributed by atoms with E-state index in [1.807, 2.05) is 52.0 Å². The average molecular weight is 336 g/mol. The van der Waals surface area contributed by atoms with Gasteiger partial charge in [0.1, 0.15) is 5.76 Å². The molecule has 5 nitrogen and oxygen atoms in total. The van der Waals surface area contributed by atoms with Crippen molar-refractivity contribution in [3.05, 3.63) is 51.9 Å². The molecule has 0 aliphatic heterocycles. The van der Waals surface area contributed by atoms with Gasteiger partial charge < -0.3 is 15.2 Å². The molecule has 2 aromatic rings. The zero-order valence-electron chi connectivity index (χ0n) is 13.8. The Balaban J connectivity index is 1.89. The maximum atomic E-state index is 12.1. The topological polar surface area (TPSA) is 67.2 Å². The molecule has 0 aliphatic carbocycles. The molecule has 2 atom stereocenters. The number of urea groups is 1. The highest BCUT2D eigenvalue weighted by atomic mass is 35.5. The van der Waals surface area contributed by atoms with E-state index in [9.17, 15) is 4.79 Å². The molecule has 0 fully saturated rings. The summed E-state index contributed by atoms with van der Waals surface area (Å²) in [7, 11) is 0. The van der Waals surface area contributed by atoms with Crippen LogP contribution in [0.1, 0.15) is 42.5 Å².